The first-order chi connectivity index (χ1) is 5.47. The van der Waals surface area contributed by atoms with E-state index in [0.29, 0.717) is 6.10 Å². The summed E-state index contributed by atoms with van der Waals surface area (Å²) in [6.07, 6.45) is 0.334. The van der Waals surface area contributed by atoms with Gasteiger partial charge in [-0.2, -0.15) is 0 Å². The van der Waals surface area contributed by atoms with Crippen LogP contribution in [0.25, 0.3) is 0 Å². The molecule has 2 rings (SSSR count). The minimum absolute atomic E-state index is 0.334. The molecule has 2 heteroatoms. The predicted octanol–water partition coefficient (Wildman–Crippen LogP) is 2.45. The van der Waals surface area contributed by atoms with Gasteiger partial charge in [0.05, 0.1) is 12.0 Å². The van der Waals surface area contributed by atoms with Gasteiger partial charge in [-0.25, -0.2) is 0 Å². The van der Waals surface area contributed by atoms with Gasteiger partial charge in [-0.05, 0) is 5.56 Å². The largest absolute Gasteiger partial charge is 0.362 e. The highest BCUT2D eigenvalue weighted by Gasteiger charge is 2.16. The lowest BCUT2D eigenvalue weighted by molar-refractivity contribution is 0.125. The van der Waals surface area contributed by atoms with Gasteiger partial charge < -0.3 is 4.74 Å². The molecule has 11 heavy (non-hydrogen) atoms. The van der Waals surface area contributed by atoms with Gasteiger partial charge in [0.15, 0.2) is 0 Å². The highest BCUT2D eigenvalue weighted by Crippen LogP contribution is 2.28. The average Bonchev–Trinajstić information content (AvgIpc) is 2.58. The van der Waals surface area contributed by atoms with E-state index in [-0.39, 0.29) is 0 Å². The molecule has 0 bridgehead atoms. The number of rotatable bonds is 1. The van der Waals surface area contributed by atoms with E-state index in [0.717, 1.165) is 11.7 Å². The van der Waals surface area contributed by atoms with Crippen molar-refractivity contribution in [2.45, 2.75) is 6.10 Å². The SMILES string of the molecule is c1ccc(C2CSCO2)cc1. The van der Waals surface area contributed by atoms with E-state index in [1.165, 1.54) is 5.56 Å². The second kappa shape index (κ2) is 3.28. The van der Waals surface area contributed by atoms with Crippen LogP contribution in [0.2, 0.25) is 0 Å². The Morgan fingerprint density at radius 2 is 2.09 bits per heavy atom. The quantitative estimate of drug-likeness (QED) is 0.633. The molecule has 0 radical (unpaired) electrons. The maximum absolute atomic E-state index is 5.50. The molecule has 1 unspecified atom stereocenters. The summed E-state index contributed by atoms with van der Waals surface area (Å²) in [7, 11) is 0. The Morgan fingerprint density at radius 1 is 1.27 bits per heavy atom. The van der Waals surface area contributed by atoms with Crippen molar-refractivity contribution in [3.8, 4) is 0 Å². The van der Waals surface area contributed by atoms with E-state index in [4.69, 9.17) is 4.74 Å². The number of ether oxygens (including phenoxy) is 1. The van der Waals surface area contributed by atoms with Crippen molar-refractivity contribution < 1.29 is 4.74 Å². The Kier molecular flexibility index (Phi) is 2.15. The number of thioether (sulfide) groups is 1. The standard InChI is InChI=1S/C9H10OS/c1-2-4-8(5-3-1)9-6-11-7-10-9/h1-5,9H,6-7H2. The maximum atomic E-state index is 5.50. The Labute approximate surface area is 70.8 Å². The molecule has 1 aromatic rings. The van der Waals surface area contributed by atoms with Crippen LogP contribution in [0, 0.1) is 0 Å². The molecule has 1 heterocycles. The molecule has 0 spiro atoms. The average molecular weight is 166 g/mol. The van der Waals surface area contributed by atoms with Crippen molar-refractivity contribution >= 4 is 11.8 Å². The van der Waals surface area contributed by atoms with Crippen molar-refractivity contribution in [2.75, 3.05) is 11.7 Å². The predicted molar refractivity (Wildman–Crippen MR) is 47.6 cm³/mol. The summed E-state index contributed by atoms with van der Waals surface area (Å²) in [6, 6.07) is 10.4. The Bertz CT molecular complexity index is 216. The van der Waals surface area contributed by atoms with Crippen LogP contribution in [0.3, 0.4) is 0 Å². The molecule has 0 saturated carbocycles. The third kappa shape index (κ3) is 1.57. The molecule has 0 amide bonds. The zero-order chi connectivity index (χ0) is 7.52. The molecular formula is C9H10OS. The van der Waals surface area contributed by atoms with Gasteiger partial charge in [-0.1, -0.05) is 30.3 Å². The molecule has 1 fully saturated rings. The van der Waals surface area contributed by atoms with E-state index in [1.807, 2.05) is 17.8 Å². The first kappa shape index (κ1) is 7.19. The molecule has 1 nitrogen and oxygen atoms in total. The van der Waals surface area contributed by atoms with Crippen molar-refractivity contribution in [1.82, 2.24) is 0 Å². The van der Waals surface area contributed by atoms with E-state index >= 15 is 0 Å². The first-order valence-electron chi connectivity index (χ1n) is 3.71. The Hall–Kier alpha value is -0.470. The lowest BCUT2D eigenvalue weighted by Crippen LogP contribution is -1.97. The van der Waals surface area contributed by atoms with E-state index < -0.39 is 0 Å². The summed E-state index contributed by atoms with van der Waals surface area (Å²) >= 11 is 1.85. The van der Waals surface area contributed by atoms with Gasteiger partial charge in [0.1, 0.15) is 0 Å². The second-order valence-electron chi connectivity index (χ2n) is 2.55. The second-order valence-corrected chi connectivity index (χ2v) is 3.53. The summed E-state index contributed by atoms with van der Waals surface area (Å²) in [5.41, 5.74) is 1.30. The van der Waals surface area contributed by atoms with Gasteiger partial charge in [-0.15, -0.1) is 11.8 Å². The molecule has 0 N–H and O–H groups in total. The molecule has 1 aromatic carbocycles. The van der Waals surface area contributed by atoms with Crippen LogP contribution in [-0.2, 0) is 4.74 Å². The molecule has 58 valence electrons. The van der Waals surface area contributed by atoms with Crippen LogP contribution >= 0.6 is 11.8 Å². The van der Waals surface area contributed by atoms with Crippen LogP contribution in [0.15, 0.2) is 30.3 Å². The van der Waals surface area contributed by atoms with Crippen molar-refractivity contribution in [2.24, 2.45) is 0 Å². The van der Waals surface area contributed by atoms with Crippen LogP contribution < -0.4 is 0 Å². The van der Waals surface area contributed by atoms with E-state index in [9.17, 15) is 0 Å². The summed E-state index contributed by atoms with van der Waals surface area (Å²) in [4.78, 5) is 0. The Balaban J connectivity index is 2.16. The smallest absolute Gasteiger partial charge is 0.0930 e. The number of hydrogen-bond acceptors (Lipinski definition) is 2. The van der Waals surface area contributed by atoms with Gasteiger partial charge in [0.25, 0.3) is 0 Å². The van der Waals surface area contributed by atoms with Crippen LogP contribution in [-0.4, -0.2) is 11.7 Å². The first-order valence-corrected chi connectivity index (χ1v) is 4.86. The van der Waals surface area contributed by atoms with Crippen LogP contribution in [0.4, 0.5) is 0 Å². The fourth-order valence-electron chi connectivity index (χ4n) is 1.19. The normalized spacial score (nSPS) is 23.8. The fraction of sp³-hybridized carbons (Fsp3) is 0.333. The van der Waals surface area contributed by atoms with Gasteiger partial charge in [-0.3, -0.25) is 0 Å². The van der Waals surface area contributed by atoms with Crippen molar-refractivity contribution in [3.05, 3.63) is 35.9 Å². The third-order valence-corrected chi connectivity index (χ3v) is 2.63. The van der Waals surface area contributed by atoms with Gasteiger partial charge >= 0.3 is 0 Å². The zero-order valence-electron chi connectivity index (χ0n) is 6.19. The molecule has 0 aliphatic carbocycles. The number of hydrogen-bond donors (Lipinski definition) is 0. The third-order valence-electron chi connectivity index (χ3n) is 1.79. The minimum atomic E-state index is 0.334. The summed E-state index contributed by atoms with van der Waals surface area (Å²) in [5.74, 6) is 1.95. The zero-order valence-corrected chi connectivity index (χ0v) is 7.01. The summed E-state index contributed by atoms with van der Waals surface area (Å²) in [5, 5.41) is 0. The molecule has 1 saturated heterocycles. The lowest BCUT2D eigenvalue weighted by Gasteiger charge is -2.06. The molecule has 0 aromatic heterocycles. The number of benzene rings is 1. The molecule has 1 aliphatic rings. The topological polar surface area (TPSA) is 9.23 Å². The minimum Gasteiger partial charge on any atom is -0.362 e. The van der Waals surface area contributed by atoms with Crippen molar-refractivity contribution in [3.63, 3.8) is 0 Å². The molecule has 1 aliphatic heterocycles. The molecule has 1 atom stereocenters. The van der Waals surface area contributed by atoms with Crippen LogP contribution in [0.5, 0.6) is 0 Å². The summed E-state index contributed by atoms with van der Waals surface area (Å²) in [6.45, 7) is 0. The monoisotopic (exact) mass is 166 g/mol. The molecular weight excluding hydrogens is 156 g/mol. The van der Waals surface area contributed by atoms with E-state index in [1.54, 1.807) is 0 Å². The maximum Gasteiger partial charge on any atom is 0.0930 e. The Morgan fingerprint density at radius 3 is 2.73 bits per heavy atom. The highest BCUT2D eigenvalue weighted by molar-refractivity contribution is 7.99. The fourth-order valence-corrected chi connectivity index (χ4v) is 2.05. The highest BCUT2D eigenvalue weighted by atomic mass is 32.2. The summed E-state index contributed by atoms with van der Waals surface area (Å²) < 4.78 is 5.50. The van der Waals surface area contributed by atoms with Crippen LogP contribution in [0.1, 0.15) is 11.7 Å². The van der Waals surface area contributed by atoms with Gasteiger partial charge in [0, 0.05) is 5.75 Å². The lowest BCUT2D eigenvalue weighted by atomic mass is 10.1. The van der Waals surface area contributed by atoms with E-state index in [2.05, 4.69) is 24.3 Å². The van der Waals surface area contributed by atoms with Gasteiger partial charge in [0.2, 0.25) is 0 Å². The van der Waals surface area contributed by atoms with Crippen molar-refractivity contribution in [1.29, 1.82) is 0 Å².